The van der Waals surface area contributed by atoms with Gasteiger partial charge in [-0.15, -0.1) is 0 Å². The molecule has 3 heteroatoms. The van der Waals surface area contributed by atoms with Crippen LogP contribution in [0.25, 0.3) is 0 Å². The van der Waals surface area contributed by atoms with Gasteiger partial charge >= 0.3 is 0 Å². The Kier molecular flexibility index (Phi) is 6.58. The second-order valence-corrected chi connectivity index (χ2v) is 13.1. The van der Waals surface area contributed by atoms with Crippen molar-refractivity contribution in [3.05, 3.63) is 0 Å². The van der Waals surface area contributed by atoms with Crippen LogP contribution in [-0.4, -0.2) is 23.2 Å². The third-order valence-corrected chi connectivity index (χ3v) is 11.1. The molecule has 4 saturated carbocycles. The molecule has 2 N–H and O–H groups in total. The summed E-state index contributed by atoms with van der Waals surface area (Å²) in [6, 6.07) is 0.215. The van der Waals surface area contributed by atoms with Crippen molar-refractivity contribution in [3.8, 4) is 0 Å². The topological polar surface area (TPSA) is 49.3 Å². The molecule has 4 aliphatic rings. The summed E-state index contributed by atoms with van der Waals surface area (Å²) in [5, 5.41) is 14.7. The average Bonchev–Trinajstić information content (AvgIpc) is 3.06. The van der Waals surface area contributed by atoms with Gasteiger partial charge in [-0.2, -0.15) is 0 Å². The molecular formula is C28H49NO2. The highest BCUT2D eigenvalue weighted by atomic mass is 16.3. The van der Waals surface area contributed by atoms with Crippen LogP contribution in [0.15, 0.2) is 0 Å². The fourth-order valence-electron chi connectivity index (χ4n) is 9.35. The van der Waals surface area contributed by atoms with E-state index in [-0.39, 0.29) is 23.5 Å². The summed E-state index contributed by atoms with van der Waals surface area (Å²) < 4.78 is 0. The predicted molar refractivity (Wildman–Crippen MR) is 127 cm³/mol. The van der Waals surface area contributed by atoms with E-state index in [4.69, 9.17) is 0 Å². The fraction of sp³-hybridized carbons (Fsp3) is 0.964. The van der Waals surface area contributed by atoms with E-state index in [1.165, 1.54) is 44.9 Å². The maximum absolute atomic E-state index is 12.2. The molecule has 4 aliphatic carbocycles. The summed E-state index contributed by atoms with van der Waals surface area (Å²) in [5.41, 5.74) is 0.497. The first kappa shape index (κ1) is 23.6. The molecule has 0 radical (unpaired) electrons. The minimum atomic E-state index is -0.173. The summed E-state index contributed by atoms with van der Waals surface area (Å²) in [7, 11) is 0. The van der Waals surface area contributed by atoms with Crippen molar-refractivity contribution in [1.82, 2.24) is 5.32 Å². The van der Waals surface area contributed by atoms with Gasteiger partial charge in [0.15, 0.2) is 0 Å². The van der Waals surface area contributed by atoms with Gasteiger partial charge in [0, 0.05) is 12.5 Å². The number of fused-ring (bicyclic) bond motifs is 5. The van der Waals surface area contributed by atoms with Crippen molar-refractivity contribution in [2.75, 3.05) is 0 Å². The fourth-order valence-corrected chi connectivity index (χ4v) is 9.35. The maximum Gasteiger partial charge on any atom is 0.220 e. The highest BCUT2D eigenvalue weighted by Gasteiger charge is 2.63. The Morgan fingerprint density at radius 3 is 2.48 bits per heavy atom. The molecule has 10 atom stereocenters. The van der Waals surface area contributed by atoms with Crippen LogP contribution in [0.4, 0.5) is 0 Å². The molecule has 1 amide bonds. The molecule has 0 aromatic rings. The second kappa shape index (κ2) is 8.65. The molecule has 0 aromatic heterocycles. The quantitative estimate of drug-likeness (QED) is 0.545. The zero-order chi connectivity index (χ0) is 22.6. The predicted octanol–water partition coefficient (Wildman–Crippen LogP) is 6.19. The first-order valence-corrected chi connectivity index (χ1v) is 13.5. The van der Waals surface area contributed by atoms with Crippen molar-refractivity contribution < 1.29 is 9.90 Å². The first-order valence-electron chi connectivity index (χ1n) is 13.5. The number of carbonyl (C=O) groups excluding carboxylic acids is 1. The van der Waals surface area contributed by atoms with Crippen LogP contribution in [0, 0.1) is 52.3 Å². The molecule has 0 saturated heterocycles. The van der Waals surface area contributed by atoms with Crippen LogP contribution in [0.3, 0.4) is 0 Å². The SMILES string of the molecule is CC(C)NC(=O)CC[C@H](C)[C@@H]1CC[C@@H]2[C@H]3CC[C@H]4C[C@@H](C)CC[C@@]4(C)[C@@H]3C[C@@H](O)[C@]21C. The summed E-state index contributed by atoms with van der Waals surface area (Å²) in [4.78, 5) is 12.2. The van der Waals surface area contributed by atoms with E-state index >= 15 is 0 Å². The Morgan fingerprint density at radius 1 is 1.03 bits per heavy atom. The molecule has 0 bridgehead atoms. The first-order chi connectivity index (χ1) is 14.6. The van der Waals surface area contributed by atoms with Crippen molar-refractivity contribution in [3.63, 3.8) is 0 Å². The third kappa shape index (κ3) is 4.00. The smallest absolute Gasteiger partial charge is 0.220 e. The molecule has 0 aromatic carbocycles. The maximum atomic E-state index is 12.2. The number of nitrogens with one attached hydrogen (secondary N) is 1. The summed E-state index contributed by atoms with van der Waals surface area (Å²) >= 11 is 0. The van der Waals surface area contributed by atoms with Crippen molar-refractivity contribution in [1.29, 1.82) is 0 Å². The Bertz CT molecular complexity index is 661. The Morgan fingerprint density at radius 2 is 1.77 bits per heavy atom. The van der Waals surface area contributed by atoms with E-state index in [9.17, 15) is 9.90 Å². The lowest BCUT2D eigenvalue weighted by atomic mass is 9.43. The van der Waals surface area contributed by atoms with Gasteiger partial charge in [-0.05, 0) is 117 Å². The van der Waals surface area contributed by atoms with E-state index < -0.39 is 0 Å². The van der Waals surface area contributed by atoms with Crippen LogP contribution < -0.4 is 5.32 Å². The summed E-state index contributed by atoms with van der Waals surface area (Å²) in [6.45, 7) is 13.9. The molecule has 0 aliphatic heterocycles. The summed E-state index contributed by atoms with van der Waals surface area (Å²) in [5.74, 6) is 5.21. The standard InChI is InChI=1S/C28H49NO2/c1-17(2)29-26(31)12-7-19(4)22-10-11-23-21-9-8-20-15-18(3)13-14-27(20,5)24(21)16-25(30)28(22,23)6/h17-25,30H,7-16H2,1-6H3,(H,29,31)/t18-,19-,20-,21+,22-,23+,24+,25+,27+,28-/m0/s1. The number of hydrogen-bond donors (Lipinski definition) is 2. The van der Waals surface area contributed by atoms with E-state index in [1.54, 1.807) is 0 Å². The minimum Gasteiger partial charge on any atom is -0.393 e. The number of amides is 1. The van der Waals surface area contributed by atoms with Crippen LogP contribution >= 0.6 is 0 Å². The molecule has 3 nitrogen and oxygen atoms in total. The van der Waals surface area contributed by atoms with Gasteiger partial charge in [-0.1, -0.05) is 34.1 Å². The lowest BCUT2D eigenvalue weighted by molar-refractivity contribution is -0.171. The van der Waals surface area contributed by atoms with Gasteiger partial charge < -0.3 is 10.4 Å². The highest BCUT2D eigenvalue weighted by molar-refractivity contribution is 5.76. The number of aliphatic hydroxyl groups excluding tert-OH is 1. The Hall–Kier alpha value is -0.570. The third-order valence-electron chi connectivity index (χ3n) is 11.1. The number of hydrogen-bond acceptors (Lipinski definition) is 2. The zero-order valence-corrected chi connectivity index (χ0v) is 21.1. The molecule has 0 unspecified atom stereocenters. The van der Waals surface area contributed by atoms with Crippen LogP contribution in [0.2, 0.25) is 0 Å². The minimum absolute atomic E-state index is 0.0419. The molecule has 0 heterocycles. The molecule has 0 spiro atoms. The van der Waals surface area contributed by atoms with E-state index in [0.29, 0.717) is 29.6 Å². The second-order valence-electron chi connectivity index (χ2n) is 13.1. The lowest BCUT2D eigenvalue weighted by Gasteiger charge is -2.62. The van der Waals surface area contributed by atoms with E-state index in [0.717, 1.165) is 36.5 Å². The molecule has 4 rings (SSSR count). The van der Waals surface area contributed by atoms with Gasteiger partial charge in [0.1, 0.15) is 0 Å². The van der Waals surface area contributed by atoms with Crippen LogP contribution in [0.5, 0.6) is 0 Å². The van der Waals surface area contributed by atoms with Gasteiger partial charge in [-0.3, -0.25) is 4.79 Å². The zero-order valence-electron chi connectivity index (χ0n) is 21.1. The van der Waals surface area contributed by atoms with Crippen molar-refractivity contribution >= 4 is 5.91 Å². The molecule has 4 fully saturated rings. The summed E-state index contributed by atoms with van der Waals surface area (Å²) in [6.07, 6.45) is 11.9. The van der Waals surface area contributed by atoms with Crippen molar-refractivity contribution in [2.24, 2.45) is 52.3 Å². The van der Waals surface area contributed by atoms with Crippen LogP contribution in [0.1, 0.15) is 106 Å². The average molecular weight is 432 g/mol. The highest BCUT2D eigenvalue weighted by Crippen LogP contribution is 2.68. The van der Waals surface area contributed by atoms with Crippen molar-refractivity contribution in [2.45, 2.75) is 118 Å². The monoisotopic (exact) mass is 431 g/mol. The largest absolute Gasteiger partial charge is 0.393 e. The molecule has 178 valence electrons. The number of rotatable bonds is 5. The number of carbonyl (C=O) groups is 1. The van der Waals surface area contributed by atoms with Gasteiger partial charge in [0.2, 0.25) is 5.91 Å². The lowest BCUT2D eigenvalue weighted by Crippen LogP contribution is -2.58. The van der Waals surface area contributed by atoms with Gasteiger partial charge in [0.25, 0.3) is 0 Å². The van der Waals surface area contributed by atoms with E-state index in [1.807, 2.05) is 13.8 Å². The van der Waals surface area contributed by atoms with Crippen LogP contribution in [-0.2, 0) is 4.79 Å². The van der Waals surface area contributed by atoms with Gasteiger partial charge in [0.05, 0.1) is 6.10 Å². The normalized spacial score (nSPS) is 47.9. The van der Waals surface area contributed by atoms with E-state index in [2.05, 4.69) is 33.0 Å². The molecular weight excluding hydrogens is 382 g/mol. The Balaban J connectivity index is 1.48. The van der Waals surface area contributed by atoms with Gasteiger partial charge in [-0.25, -0.2) is 0 Å². The Labute approximate surface area is 191 Å². The molecule has 31 heavy (non-hydrogen) atoms. The number of aliphatic hydroxyl groups is 1.